The molecule has 13 atom stereocenters. The first-order valence-corrected chi connectivity index (χ1v) is 39.4. The number of aromatic amines is 4. The van der Waals surface area contributed by atoms with Gasteiger partial charge in [-0.1, -0.05) is 88.3 Å². The molecule has 0 aliphatic carbocycles. The lowest BCUT2D eigenvalue weighted by Gasteiger charge is -2.31. The lowest BCUT2D eigenvalue weighted by atomic mass is 10.0. The summed E-state index contributed by atoms with van der Waals surface area (Å²) < 4.78 is 0. The highest BCUT2D eigenvalue weighted by molar-refractivity contribution is 8.77. The van der Waals surface area contributed by atoms with Crippen LogP contribution in [-0.4, -0.2) is 221 Å². The van der Waals surface area contributed by atoms with Crippen molar-refractivity contribution < 1.29 is 62.6 Å². The predicted octanol–water partition coefficient (Wildman–Crippen LogP) is -1.32. The van der Waals surface area contributed by atoms with Gasteiger partial charge in [-0.2, -0.15) is 0 Å². The van der Waals surface area contributed by atoms with Crippen molar-refractivity contribution in [1.29, 1.82) is 0 Å². The number of aliphatic hydroxyl groups excluding tert-OH is 1. The summed E-state index contributed by atoms with van der Waals surface area (Å²) in [6.45, 7) is 1.51. The van der Waals surface area contributed by atoms with Crippen molar-refractivity contribution >= 4 is 114 Å². The Balaban J connectivity index is 1.11. The number of carbonyl (C=O) groups excluding carboxylic acids is 12. The van der Waals surface area contributed by atoms with Crippen LogP contribution in [0.4, 0.5) is 0 Å². The molecule has 3 aliphatic heterocycles. The van der Waals surface area contributed by atoms with Crippen LogP contribution in [0.3, 0.4) is 0 Å². The standard InChI is InChI=1S/C74H97N21O13S2/c1-41-62(97)85-52(21-9-12-24-75)63(98)86-53(22-10-13-25-76)64(99)87-54(23-11-14-26-77)65(100)89-57(29-44-34-81-51-20-8-6-18-49(44)51)70(105)94-73-74(108)95-37-47(96)32-61(95)72(107)92-59(31-46-36-79-40-83-46)69(104)88-55(27-42-15-3-2-4-16-42)66(101)91-58(30-45-35-78-39-82-45)68(103)90-56(28-43-33-80-50-19-7-5-17-48(43)50)67(102)93-60(38-109-110-73)71(106)84-41/h2-8,15-20,33-36,39-41,47,52-61,73,80-81,96H,9-14,21-32,37-38,75-77H2,1H3,(H,78,82)(H,79,83)(H,84,106)(H,85,97)(H,86,98)(H,87,99)(H,88,104)(H,89,100)(H,90,103)(H,91,101)(H,92,107)(H,93,102)(H,94,105)/t41-,47+,52-,53-,54-,55+,56-,57-,58-,59-,60-,61-,73-/m0/s1. The summed E-state index contributed by atoms with van der Waals surface area (Å²) in [7, 11) is 1.42. The van der Waals surface area contributed by atoms with Gasteiger partial charge < -0.3 is 106 Å². The van der Waals surface area contributed by atoms with E-state index in [0.29, 0.717) is 93.5 Å². The second-order valence-electron chi connectivity index (χ2n) is 27.6. The lowest BCUT2D eigenvalue weighted by Crippen LogP contribution is -2.62. The molecular formula is C74H97N21O13S2. The number of unbranched alkanes of at least 4 members (excludes halogenated alkanes) is 3. The topological polar surface area (TPSA) is 528 Å². The maximum Gasteiger partial charge on any atom is 0.257 e. The zero-order chi connectivity index (χ0) is 78.2. The van der Waals surface area contributed by atoms with Crippen LogP contribution in [0, 0.1) is 0 Å². The number of H-pyrrole nitrogens is 4. The third-order valence-electron chi connectivity index (χ3n) is 19.5. The van der Waals surface area contributed by atoms with Gasteiger partial charge in [0.05, 0.1) is 30.1 Å². The second kappa shape index (κ2) is 40.1. The summed E-state index contributed by atoms with van der Waals surface area (Å²) >= 11 is 0. The van der Waals surface area contributed by atoms with Crippen molar-refractivity contribution in [2.75, 3.05) is 31.9 Å². The molecule has 3 saturated heterocycles. The Morgan fingerprint density at radius 3 is 1.32 bits per heavy atom. The van der Waals surface area contributed by atoms with Gasteiger partial charge in [-0.15, -0.1) is 0 Å². The SMILES string of the molecule is C[C@@H]1NC(=O)[C@@H]2CSS[C@H](NC(=O)[C@H](Cc3c[nH]c4ccccc34)NC(=O)[C@H](CCCCN)NC(=O)[C@H](CCCCN)NC(=O)[C@H](CCCCN)NC1=O)C(=O)N1C[C@H](O)C[C@H]1C(=O)N[C@@H](Cc1c[nH]cn1)C(=O)N[C@H](Cc1ccccc1)C(=O)N[C@@H](Cc1c[nH]cn1)C(=O)N[C@@H](Cc1c[nH]c3ccccc13)C(=O)N2. The van der Waals surface area contributed by atoms with Crippen LogP contribution >= 0.6 is 21.6 Å². The molecule has 588 valence electrons. The van der Waals surface area contributed by atoms with E-state index >= 15 is 43.2 Å². The van der Waals surface area contributed by atoms with Crippen LogP contribution < -0.4 is 75.7 Å². The first kappa shape index (κ1) is 81.8. The average molecular weight is 1550 g/mol. The first-order valence-electron chi connectivity index (χ1n) is 37.0. The fraction of sp³-hybridized carbons (Fsp3) is 0.459. The van der Waals surface area contributed by atoms with Gasteiger partial charge in [0.15, 0.2) is 5.37 Å². The van der Waals surface area contributed by atoms with E-state index in [2.05, 4.69) is 88.4 Å². The summed E-state index contributed by atoms with van der Waals surface area (Å²) in [6.07, 6.45) is 8.21. The molecule has 7 aromatic rings. The summed E-state index contributed by atoms with van der Waals surface area (Å²) in [5.74, 6) is -11.4. The maximum atomic E-state index is 15.9. The molecule has 36 heteroatoms. The zero-order valence-corrected chi connectivity index (χ0v) is 62.5. The number of carbonyl (C=O) groups is 12. The number of nitrogens with one attached hydrogen (secondary N) is 15. The van der Waals surface area contributed by atoms with E-state index in [0.717, 1.165) is 15.7 Å². The molecule has 110 heavy (non-hydrogen) atoms. The number of imidazole rings is 2. The summed E-state index contributed by atoms with van der Waals surface area (Å²) in [5.41, 5.74) is 21.3. The average Bonchev–Trinajstić information content (AvgIpc) is 1.63. The largest absolute Gasteiger partial charge is 0.391 e. The minimum atomic E-state index is -1.81. The number of amides is 12. The summed E-state index contributed by atoms with van der Waals surface area (Å²) in [6, 6.07) is 6.34. The van der Waals surface area contributed by atoms with E-state index in [1.165, 1.54) is 32.0 Å². The molecule has 0 spiro atoms. The van der Waals surface area contributed by atoms with Gasteiger partial charge in [-0.05, 0) is 113 Å². The molecule has 3 fully saturated rings. The van der Waals surface area contributed by atoms with Crippen LogP contribution in [0.1, 0.15) is 99.2 Å². The van der Waals surface area contributed by atoms with E-state index in [9.17, 15) is 19.5 Å². The Bertz CT molecular complexity index is 4320. The highest BCUT2D eigenvalue weighted by atomic mass is 33.1. The van der Waals surface area contributed by atoms with Crippen molar-refractivity contribution in [3.05, 3.63) is 144 Å². The Morgan fingerprint density at radius 2 is 0.845 bits per heavy atom. The van der Waals surface area contributed by atoms with Crippen molar-refractivity contribution in [1.82, 2.24) is 93.3 Å². The number of nitrogens with two attached hydrogens (primary N) is 3. The molecule has 0 radical (unpaired) electrons. The molecule has 4 aromatic heterocycles. The Labute approximate surface area is 641 Å². The predicted molar refractivity (Wildman–Crippen MR) is 411 cm³/mol. The fourth-order valence-corrected chi connectivity index (χ4v) is 15.9. The summed E-state index contributed by atoms with van der Waals surface area (Å²) in [4.78, 5) is 204. The number of benzene rings is 3. The van der Waals surface area contributed by atoms with E-state index in [1.54, 1.807) is 91.3 Å². The number of aromatic nitrogens is 6. The number of hydrogen-bond acceptors (Lipinski definition) is 20. The molecule has 3 aliphatic rings. The van der Waals surface area contributed by atoms with Gasteiger partial charge in [0.2, 0.25) is 65.0 Å². The number of rotatable bonds is 22. The summed E-state index contributed by atoms with van der Waals surface area (Å²) in [5, 5.41) is 41.7. The van der Waals surface area contributed by atoms with E-state index in [4.69, 9.17) is 17.2 Å². The quantitative estimate of drug-likeness (QED) is 0.0276. The van der Waals surface area contributed by atoms with Crippen LogP contribution in [0.2, 0.25) is 0 Å². The Morgan fingerprint density at radius 1 is 0.436 bits per heavy atom. The first-order chi connectivity index (χ1) is 53.2. The van der Waals surface area contributed by atoms with Gasteiger partial charge in [-0.25, -0.2) is 9.97 Å². The fourth-order valence-electron chi connectivity index (χ4n) is 13.5. The van der Waals surface area contributed by atoms with Gasteiger partial charge in [0.1, 0.15) is 66.5 Å². The number of fused-ring (bicyclic) bond motifs is 7. The van der Waals surface area contributed by atoms with Crippen molar-refractivity contribution in [2.24, 2.45) is 17.2 Å². The van der Waals surface area contributed by atoms with E-state index in [-0.39, 0.29) is 76.7 Å². The molecule has 3 aromatic carbocycles. The third-order valence-corrected chi connectivity index (χ3v) is 22.0. The van der Waals surface area contributed by atoms with Crippen LogP contribution in [-0.2, 0) is 89.6 Å². The number of hydrogen-bond donors (Lipinski definition) is 19. The number of aliphatic hydroxyl groups is 1. The number of para-hydroxylation sites is 2. The minimum absolute atomic E-state index is 0.0105. The molecule has 0 unspecified atom stereocenters. The molecule has 12 amide bonds. The minimum Gasteiger partial charge on any atom is -0.391 e. The van der Waals surface area contributed by atoms with Crippen molar-refractivity contribution in [3.8, 4) is 0 Å². The number of nitrogens with zero attached hydrogens (tertiary/aromatic N) is 3. The molecule has 10 rings (SSSR count). The molecule has 7 heterocycles. The maximum absolute atomic E-state index is 15.9. The molecule has 22 N–H and O–H groups in total. The Kier molecular flexibility index (Phi) is 29.9. The molecule has 34 nitrogen and oxygen atoms in total. The van der Waals surface area contributed by atoms with Crippen LogP contribution in [0.25, 0.3) is 21.8 Å². The van der Waals surface area contributed by atoms with E-state index in [1.807, 2.05) is 0 Å². The Hall–Kier alpha value is -10.7. The lowest BCUT2D eigenvalue weighted by molar-refractivity contribution is -0.141. The molecule has 0 saturated carbocycles. The third kappa shape index (κ3) is 22.5. The normalized spacial score (nSPS) is 25.2. The molecular weight excluding hydrogens is 1460 g/mol. The molecule has 2 bridgehead atoms. The smallest absolute Gasteiger partial charge is 0.257 e. The van der Waals surface area contributed by atoms with Crippen LogP contribution in [0.5, 0.6) is 0 Å². The van der Waals surface area contributed by atoms with Crippen molar-refractivity contribution in [3.63, 3.8) is 0 Å². The second-order valence-corrected chi connectivity index (χ2v) is 30.2. The van der Waals surface area contributed by atoms with E-state index < -0.39 is 168 Å². The highest BCUT2D eigenvalue weighted by Crippen LogP contribution is 2.32. The van der Waals surface area contributed by atoms with Gasteiger partial charge in [0.25, 0.3) is 5.91 Å². The monoisotopic (exact) mass is 1550 g/mol. The van der Waals surface area contributed by atoms with Gasteiger partial charge in [-0.3, -0.25) is 57.5 Å². The van der Waals surface area contributed by atoms with Gasteiger partial charge >= 0.3 is 0 Å². The zero-order valence-electron chi connectivity index (χ0n) is 60.9. The van der Waals surface area contributed by atoms with Crippen molar-refractivity contribution in [2.45, 2.75) is 181 Å². The van der Waals surface area contributed by atoms with Gasteiger partial charge in [0, 0.05) is 97.4 Å². The highest BCUT2D eigenvalue weighted by Gasteiger charge is 2.45. The van der Waals surface area contributed by atoms with Crippen LogP contribution in [0.15, 0.2) is 116 Å².